The van der Waals surface area contributed by atoms with Gasteiger partial charge in [0, 0.05) is 5.56 Å². The molecule has 1 N–H and O–H groups in total. The SMILES string of the molecule is O=NC1(CN2CNc3ccc(-c4cccc(Cl)c4F)cc32)COC1. The first-order valence-corrected chi connectivity index (χ1v) is 7.99. The lowest BCUT2D eigenvalue weighted by molar-refractivity contribution is -0.0481. The molecule has 7 heteroatoms. The van der Waals surface area contributed by atoms with Gasteiger partial charge in [-0.2, -0.15) is 0 Å². The molecule has 2 aromatic carbocycles. The highest BCUT2D eigenvalue weighted by atomic mass is 35.5. The molecule has 2 heterocycles. The van der Waals surface area contributed by atoms with Crippen molar-refractivity contribution in [3.05, 3.63) is 52.1 Å². The van der Waals surface area contributed by atoms with Gasteiger partial charge in [-0.05, 0) is 23.8 Å². The lowest BCUT2D eigenvalue weighted by Gasteiger charge is -2.37. The molecule has 2 aliphatic rings. The number of rotatable bonds is 4. The molecular formula is C17H15ClFN3O2. The number of hydrogen-bond acceptors (Lipinski definition) is 5. The maximum absolute atomic E-state index is 14.3. The fourth-order valence-corrected chi connectivity index (χ4v) is 3.28. The minimum Gasteiger partial charge on any atom is -0.376 e. The van der Waals surface area contributed by atoms with Crippen LogP contribution < -0.4 is 10.2 Å². The van der Waals surface area contributed by atoms with Gasteiger partial charge in [-0.3, -0.25) is 0 Å². The molecule has 24 heavy (non-hydrogen) atoms. The zero-order valence-electron chi connectivity index (χ0n) is 12.8. The zero-order valence-corrected chi connectivity index (χ0v) is 13.5. The average Bonchev–Trinajstić information content (AvgIpc) is 2.95. The maximum Gasteiger partial charge on any atom is 0.166 e. The highest BCUT2D eigenvalue weighted by Crippen LogP contribution is 2.38. The van der Waals surface area contributed by atoms with E-state index >= 15 is 0 Å². The quantitative estimate of drug-likeness (QED) is 0.853. The second kappa shape index (κ2) is 5.72. The molecule has 5 nitrogen and oxygen atoms in total. The Balaban J connectivity index is 1.68. The molecule has 0 amide bonds. The third kappa shape index (κ3) is 2.42. The van der Waals surface area contributed by atoms with Crippen molar-refractivity contribution in [2.75, 3.05) is 36.6 Å². The van der Waals surface area contributed by atoms with Crippen LogP contribution in [0.25, 0.3) is 11.1 Å². The first-order chi connectivity index (χ1) is 11.6. The first-order valence-electron chi connectivity index (χ1n) is 7.61. The van der Waals surface area contributed by atoms with E-state index in [4.69, 9.17) is 16.3 Å². The molecule has 0 aliphatic carbocycles. The minimum absolute atomic E-state index is 0.0960. The summed E-state index contributed by atoms with van der Waals surface area (Å²) in [6, 6.07) is 10.6. The molecule has 2 aliphatic heterocycles. The Morgan fingerprint density at radius 3 is 2.88 bits per heavy atom. The lowest BCUT2D eigenvalue weighted by Crippen LogP contribution is -2.55. The average molecular weight is 348 g/mol. The molecule has 0 atom stereocenters. The second-order valence-corrected chi connectivity index (χ2v) is 6.58. The molecule has 0 radical (unpaired) electrons. The van der Waals surface area contributed by atoms with E-state index in [0.717, 1.165) is 16.9 Å². The van der Waals surface area contributed by atoms with Crippen LogP contribution in [-0.4, -0.2) is 32.0 Å². The van der Waals surface area contributed by atoms with Gasteiger partial charge in [-0.1, -0.05) is 35.0 Å². The van der Waals surface area contributed by atoms with Gasteiger partial charge < -0.3 is 15.0 Å². The van der Waals surface area contributed by atoms with Crippen molar-refractivity contribution >= 4 is 23.0 Å². The highest BCUT2D eigenvalue weighted by molar-refractivity contribution is 6.31. The fourth-order valence-electron chi connectivity index (χ4n) is 3.11. The van der Waals surface area contributed by atoms with Crippen LogP contribution in [0.2, 0.25) is 5.02 Å². The zero-order chi connectivity index (χ0) is 16.7. The highest BCUT2D eigenvalue weighted by Gasteiger charge is 2.43. The van der Waals surface area contributed by atoms with Gasteiger partial charge in [-0.15, -0.1) is 4.91 Å². The van der Waals surface area contributed by atoms with Crippen LogP contribution in [0.1, 0.15) is 0 Å². The minimum atomic E-state index is -0.694. The van der Waals surface area contributed by atoms with Crippen LogP contribution in [0.4, 0.5) is 15.8 Å². The Labute approximate surface area is 143 Å². The van der Waals surface area contributed by atoms with Crippen LogP contribution in [0.15, 0.2) is 41.6 Å². The van der Waals surface area contributed by atoms with Crippen molar-refractivity contribution in [1.29, 1.82) is 0 Å². The largest absolute Gasteiger partial charge is 0.376 e. The molecule has 0 unspecified atom stereocenters. The molecule has 0 aromatic heterocycles. The van der Waals surface area contributed by atoms with E-state index in [-0.39, 0.29) is 5.02 Å². The summed E-state index contributed by atoms with van der Waals surface area (Å²) in [5, 5.41) is 6.61. The van der Waals surface area contributed by atoms with Gasteiger partial charge in [0.2, 0.25) is 0 Å². The van der Waals surface area contributed by atoms with Gasteiger partial charge in [0.1, 0.15) is 5.82 Å². The molecule has 4 rings (SSSR count). The number of halogens is 2. The van der Waals surface area contributed by atoms with Gasteiger partial charge >= 0.3 is 0 Å². The summed E-state index contributed by atoms with van der Waals surface area (Å²) < 4.78 is 19.4. The second-order valence-electron chi connectivity index (χ2n) is 6.17. The van der Waals surface area contributed by atoms with E-state index in [9.17, 15) is 9.30 Å². The lowest BCUT2D eigenvalue weighted by atomic mass is 9.97. The summed E-state index contributed by atoms with van der Waals surface area (Å²) in [6.45, 7) is 1.72. The normalized spacial score (nSPS) is 17.8. The number of nitrogens with one attached hydrogen (secondary N) is 1. The van der Waals surface area contributed by atoms with Crippen LogP contribution in [0.5, 0.6) is 0 Å². The molecule has 124 valence electrons. The van der Waals surface area contributed by atoms with Gasteiger partial charge in [0.25, 0.3) is 0 Å². The number of nitrogens with zero attached hydrogens (tertiary/aromatic N) is 2. The van der Waals surface area contributed by atoms with E-state index < -0.39 is 11.4 Å². The standard InChI is InChI=1S/C17H15ClFN3O2/c18-13-3-1-2-12(16(13)19)11-4-5-14-15(6-11)22(10-20-14)7-17(21-23)8-24-9-17/h1-6,20H,7-10H2. The Kier molecular flexibility index (Phi) is 3.66. The fraction of sp³-hybridized carbons (Fsp3) is 0.294. The van der Waals surface area contributed by atoms with Crippen molar-refractivity contribution in [1.82, 2.24) is 0 Å². The summed E-state index contributed by atoms with van der Waals surface area (Å²) in [5.74, 6) is -0.435. The molecule has 1 fully saturated rings. The topological polar surface area (TPSA) is 53.9 Å². The van der Waals surface area contributed by atoms with Gasteiger partial charge in [-0.25, -0.2) is 4.39 Å². The van der Waals surface area contributed by atoms with Crippen molar-refractivity contribution < 1.29 is 9.13 Å². The van der Waals surface area contributed by atoms with Gasteiger partial charge in [0.15, 0.2) is 5.54 Å². The number of anilines is 2. The maximum atomic E-state index is 14.3. The van der Waals surface area contributed by atoms with Crippen molar-refractivity contribution in [3.8, 4) is 11.1 Å². The molecular weight excluding hydrogens is 333 g/mol. The summed E-state index contributed by atoms with van der Waals surface area (Å²) in [7, 11) is 0. The predicted octanol–water partition coefficient (Wildman–Crippen LogP) is 3.87. The Morgan fingerprint density at radius 1 is 1.33 bits per heavy atom. The van der Waals surface area contributed by atoms with E-state index in [2.05, 4.69) is 10.5 Å². The third-order valence-corrected chi connectivity index (χ3v) is 4.77. The third-order valence-electron chi connectivity index (χ3n) is 4.48. The van der Waals surface area contributed by atoms with E-state index in [0.29, 0.717) is 32.0 Å². The number of nitroso groups, excluding NO2 is 1. The van der Waals surface area contributed by atoms with Crippen LogP contribution in [0, 0.1) is 10.7 Å². The molecule has 0 bridgehead atoms. The van der Waals surface area contributed by atoms with E-state index in [1.807, 2.05) is 23.1 Å². The summed E-state index contributed by atoms with van der Waals surface area (Å²) >= 11 is 5.88. The first kappa shape index (κ1) is 15.4. The van der Waals surface area contributed by atoms with Crippen LogP contribution >= 0.6 is 11.6 Å². The van der Waals surface area contributed by atoms with Crippen molar-refractivity contribution in [3.63, 3.8) is 0 Å². The number of hydrogen-bond donors (Lipinski definition) is 1. The van der Waals surface area contributed by atoms with Gasteiger partial charge in [0.05, 0.1) is 42.8 Å². The molecule has 0 saturated carbocycles. The van der Waals surface area contributed by atoms with Crippen molar-refractivity contribution in [2.24, 2.45) is 5.18 Å². The van der Waals surface area contributed by atoms with Crippen LogP contribution in [0.3, 0.4) is 0 Å². The monoisotopic (exact) mass is 347 g/mol. The molecule has 1 saturated heterocycles. The summed E-state index contributed by atoms with van der Waals surface area (Å²) in [6.07, 6.45) is 0. The summed E-state index contributed by atoms with van der Waals surface area (Å²) in [5.41, 5.74) is 2.36. The number of benzene rings is 2. The number of fused-ring (bicyclic) bond motifs is 1. The smallest absolute Gasteiger partial charge is 0.166 e. The van der Waals surface area contributed by atoms with Crippen LogP contribution in [-0.2, 0) is 4.74 Å². The van der Waals surface area contributed by atoms with E-state index in [1.165, 1.54) is 6.07 Å². The van der Waals surface area contributed by atoms with E-state index in [1.54, 1.807) is 12.1 Å². The molecule has 0 spiro atoms. The predicted molar refractivity (Wildman–Crippen MR) is 92.0 cm³/mol. The molecule has 2 aromatic rings. The Hall–Kier alpha value is -2.18. The Morgan fingerprint density at radius 2 is 2.17 bits per heavy atom. The van der Waals surface area contributed by atoms with Crippen molar-refractivity contribution in [2.45, 2.75) is 5.54 Å². The number of ether oxygens (including phenoxy) is 1. The summed E-state index contributed by atoms with van der Waals surface area (Å²) in [4.78, 5) is 13.2. The Bertz CT molecular complexity index is 810.